The molecule has 0 bridgehead atoms. The Morgan fingerprint density at radius 1 is 1.11 bits per heavy atom. The number of nitrogens with one attached hydrogen (secondary N) is 1. The lowest BCUT2D eigenvalue weighted by Gasteiger charge is -2.08. The smallest absolute Gasteiger partial charge is 0.259 e. The molecule has 0 saturated carbocycles. The first-order valence-electron chi connectivity index (χ1n) is 5.57. The van der Waals surface area contributed by atoms with Gasteiger partial charge in [-0.15, -0.1) is 0 Å². The lowest BCUT2D eigenvalue weighted by molar-refractivity contribution is 0.102. The minimum atomic E-state index is -0.437. The van der Waals surface area contributed by atoms with E-state index in [1.54, 1.807) is 25.1 Å². The van der Waals surface area contributed by atoms with Crippen molar-refractivity contribution >= 4 is 27.5 Å². The van der Waals surface area contributed by atoms with E-state index in [9.17, 15) is 15.0 Å². The highest BCUT2D eigenvalue weighted by atomic mass is 79.9. The van der Waals surface area contributed by atoms with Crippen molar-refractivity contribution in [1.82, 2.24) is 0 Å². The molecule has 1 amide bonds. The number of benzene rings is 2. The van der Waals surface area contributed by atoms with Gasteiger partial charge in [0, 0.05) is 16.2 Å². The molecular formula is C14H12BrNO3. The standard InChI is InChI=1S/C14H12BrNO3/c1-8-2-4-10(7-12(8)17)16-14(19)11-5-3-9(15)6-13(11)18/h2-7,17-18H,1H3,(H,16,19). The molecule has 0 heterocycles. The molecule has 5 heteroatoms. The molecule has 0 atom stereocenters. The van der Waals surface area contributed by atoms with Crippen LogP contribution < -0.4 is 5.32 Å². The van der Waals surface area contributed by atoms with Crippen LogP contribution in [0.2, 0.25) is 0 Å². The molecule has 0 aliphatic carbocycles. The zero-order valence-corrected chi connectivity index (χ0v) is 11.7. The lowest BCUT2D eigenvalue weighted by Crippen LogP contribution is -2.12. The van der Waals surface area contributed by atoms with Gasteiger partial charge in [0.05, 0.1) is 5.56 Å². The molecule has 3 N–H and O–H groups in total. The van der Waals surface area contributed by atoms with E-state index in [0.717, 1.165) is 5.56 Å². The van der Waals surface area contributed by atoms with E-state index >= 15 is 0 Å². The van der Waals surface area contributed by atoms with E-state index in [4.69, 9.17) is 0 Å². The minimum Gasteiger partial charge on any atom is -0.508 e. The van der Waals surface area contributed by atoms with Crippen LogP contribution in [0.3, 0.4) is 0 Å². The predicted octanol–water partition coefficient (Wildman–Crippen LogP) is 3.42. The fraction of sp³-hybridized carbons (Fsp3) is 0.0714. The first kappa shape index (κ1) is 13.4. The Morgan fingerprint density at radius 3 is 2.47 bits per heavy atom. The zero-order chi connectivity index (χ0) is 14.0. The van der Waals surface area contributed by atoms with Crippen LogP contribution in [0.25, 0.3) is 0 Å². The molecule has 0 aliphatic rings. The van der Waals surface area contributed by atoms with Gasteiger partial charge >= 0.3 is 0 Å². The summed E-state index contributed by atoms with van der Waals surface area (Å²) in [5, 5.41) is 21.9. The summed E-state index contributed by atoms with van der Waals surface area (Å²) in [6.07, 6.45) is 0. The molecule has 0 unspecified atom stereocenters. The molecule has 2 rings (SSSR count). The maximum atomic E-state index is 12.0. The van der Waals surface area contributed by atoms with E-state index in [1.165, 1.54) is 18.2 Å². The molecule has 98 valence electrons. The molecule has 0 fully saturated rings. The second kappa shape index (κ2) is 5.32. The number of aryl methyl sites for hydroxylation is 1. The summed E-state index contributed by atoms with van der Waals surface area (Å²) in [7, 11) is 0. The second-order valence-electron chi connectivity index (χ2n) is 4.12. The average Bonchev–Trinajstić information content (AvgIpc) is 2.33. The quantitative estimate of drug-likeness (QED) is 0.793. The Bertz CT molecular complexity index is 641. The number of carbonyl (C=O) groups excluding carboxylic acids is 1. The van der Waals surface area contributed by atoms with Crippen LogP contribution in [-0.4, -0.2) is 16.1 Å². The number of hydrogen-bond acceptors (Lipinski definition) is 3. The lowest BCUT2D eigenvalue weighted by atomic mass is 10.1. The Kier molecular flexibility index (Phi) is 3.76. The van der Waals surface area contributed by atoms with Gasteiger partial charge in [-0.2, -0.15) is 0 Å². The van der Waals surface area contributed by atoms with Crippen LogP contribution in [0.1, 0.15) is 15.9 Å². The highest BCUT2D eigenvalue weighted by Crippen LogP contribution is 2.25. The molecule has 0 radical (unpaired) electrons. The number of hydrogen-bond donors (Lipinski definition) is 3. The summed E-state index contributed by atoms with van der Waals surface area (Å²) in [6.45, 7) is 1.77. The molecule has 2 aromatic rings. The van der Waals surface area contributed by atoms with Crippen LogP contribution in [0.4, 0.5) is 5.69 Å². The van der Waals surface area contributed by atoms with Gasteiger partial charge in [-0.3, -0.25) is 4.79 Å². The fourth-order valence-corrected chi connectivity index (χ4v) is 1.93. The topological polar surface area (TPSA) is 69.6 Å². The Hall–Kier alpha value is -2.01. The van der Waals surface area contributed by atoms with Crippen molar-refractivity contribution in [2.75, 3.05) is 5.32 Å². The van der Waals surface area contributed by atoms with Gasteiger partial charge in [0.1, 0.15) is 11.5 Å². The number of aromatic hydroxyl groups is 2. The zero-order valence-electron chi connectivity index (χ0n) is 10.1. The molecule has 0 spiro atoms. The summed E-state index contributed by atoms with van der Waals surface area (Å²) in [5.41, 5.74) is 1.36. The number of anilines is 1. The SMILES string of the molecule is Cc1ccc(NC(=O)c2ccc(Br)cc2O)cc1O. The van der Waals surface area contributed by atoms with Crippen LogP contribution >= 0.6 is 15.9 Å². The van der Waals surface area contributed by atoms with Crippen molar-refractivity contribution in [3.05, 3.63) is 52.0 Å². The molecular weight excluding hydrogens is 310 g/mol. The second-order valence-corrected chi connectivity index (χ2v) is 5.03. The minimum absolute atomic E-state index is 0.108. The first-order chi connectivity index (χ1) is 8.97. The third kappa shape index (κ3) is 3.06. The number of phenolic OH excluding ortho intramolecular Hbond substituents is 2. The predicted molar refractivity (Wildman–Crippen MR) is 76.6 cm³/mol. The normalized spacial score (nSPS) is 10.2. The van der Waals surface area contributed by atoms with Crippen molar-refractivity contribution in [2.45, 2.75) is 6.92 Å². The van der Waals surface area contributed by atoms with Gasteiger partial charge in [-0.05, 0) is 36.8 Å². The Morgan fingerprint density at radius 2 is 1.84 bits per heavy atom. The largest absolute Gasteiger partial charge is 0.508 e. The van der Waals surface area contributed by atoms with Crippen LogP contribution in [0.15, 0.2) is 40.9 Å². The molecule has 19 heavy (non-hydrogen) atoms. The van der Waals surface area contributed by atoms with Gasteiger partial charge < -0.3 is 15.5 Å². The van der Waals surface area contributed by atoms with Crippen molar-refractivity contribution in [3.8, 4) is 11.5 Å². The maximum absolute atomic E-state index is 12.0. The molecule has 0 saturated heterocycles. The number of carbonyl (C=O) groups is 1. The molecule has 0 aliphatic heterocycles. The van der Waals surface area contributed by atoms with E-state index in [2.05, 4.69) is 21.2 Å². The van der Waals surface area contributed by atoms with Crippen molar-refractivity contribution in [2.24, 2.45) is 0 Å². The molecule has 2 aromatic carbocycles. The van der Waals surface area contributed by atoms with E-state index in [-0.39, 0.29) is 17.1 Å². The van der Waals surface area contributed by atoms with Gasteiger partial charge in [0.2, 0.25) is 0 Å². The monoisotopic (exact) mass is 321 g/mol. The summed E-state index contributed by atoms with van der Waals surface area (Å²) in [4.78, 5) is 12.0. The highest BCUT2D eigenvalue weighted by Gasteiger charge is 2.12. The first-order valence-corrected chi connectivity index (χ1v) is 6.36. The highest BCUT2D eigenvalue weighted by molar-refractivity contribution is 9.10. The van der Waals surface area contributed by atoms with Gasteiger partial charge in [0.25, 0.3) is 5.91 Å². The van der Waals surface area contributed by atoms with Gasteiger partial charge in [-0.25, -0.2) is 0 Å². The van der Waals surface area contributed by atoms with Crippen LogP contribution in [0, 0.1) is 6.92 Å². The number of amides is 1. The van der Waals surface area contributed by atoms with Crippen molar-refractivity contribution in [1.29, 1.82) is 0 Å². The van der Waals surface area contributed by atoms with Crippen molar-refractivity contribution < 1.29 is 15.0 Å². The number of halogens is 1. The van der Waals surface area contributed by atoms with Gasteiger partial charge in [-0.1, -0.05) is 22.0 Å². The number of phenols is 2. The summed E-state index contributed by atoms with van der Waals surface area (Å²) in [6, 6.07) is 9.48. The Balaban J connectivity index is 2.23. The third-order valence-corrected chi connectivity index (χ3v) is 3.16. The molecule has 0 aromatic heterocycles. The van der Waals surface area contributed by atoms with Crippen LogP contribution in [-0.2, 0) is 0 Å². The third-order valence-electron chi connectivity index (χ3n) is 2.67. The van der Waals surface area contributed by atoms with Gasteiger partial charge in [0.15, 0.2) is 0 Å². The summed E-state index contributed by atoms with van der Waals surface area (Å²) in [5.74, 6) is -0.436. The molecule has 4 nitrogen and oxygen atoms in total. The average molecular weight is 322 g/mol. The fourth-order valence-electron chi connectivity index (χ4n) is 1.58. The van der Waals surface area contributed by atoms with E-state index in [1.807, 2.05) is 0 Å². The maximum Gasteiger partial charge on any atom is 0.259 e. The summed E-state index contributed by atoms with van der Waals surface area (Å²) >= 11 is 3.20. The van der Waals surface area contributed by atoms with Crippen molar-refractivity contribution in [3.63, 3.8) is 0 Å². The van der Waals surface area contributed by atoms with E-state index < -0.39 is 5.91 Å². The number of rotatable bonds is 2. The van der Waals surface area contributed by atoms with Crippen LogP contribution in [0.5, 0.6) is 11.5 Å². The summed E-state index contributed by atoms with van der Waals surface area (Å²) < 4.78 is 0.689. The Labute approximate surface area is 118 Å². The van der Waals surface area contributed by atoms with E-state index in [0.29, 0.717) is 10.2 Å².